The van der Waals surface area contributed by atoms with Crippen LogP contribution < -0.4 is 10.6 Å². The first-order chi connectivity index (χ1) is 16.7. The zero-order valence-electron chi connectivity index (χ0n) is 19.2. The van der Waals surface area contributed by atoms with Crippen molar-refractivity contribution in [3.8, 4) is 6.07 Å². The van der Waals surface area contributed by atoms with Crippen LogP contribution in [0.5, 0.6) is 0 Å². The number of hydrogen-bond acceptors (Lipinski definition) is 6. The van der Waals surface area contributed by atoms with Gasteiger partial charge >= 0.3 is 6.18 Å². The van der Waals surface area contributed by atoms with Crippen LogP contribution in [0.2, 0.25) is 5.02 Å². The molecule has 2 N–H and O–H groups in total. The maximum Gasteiger partial charge on any atom is 0.416 e. The Morgan fingerprint density at radius 2 is 1.92 bits per heavy atom. The van der Waals surface area contributed by atoms with E-state index in [1.54, 1.807) is 6.07 Å². The SMILES string of the molecule is CC1(C)CC(=O)C2=C(C1)N(c1cc(C(F)(F)F)ccc1Cl)C(N)=C(C#N)[C@@H]2c1cccc([N+](=O)[O-])c1. The fraction of sp³-hybridized carbons (Fsp3) is 0.280. The van der Waals surface area contributed by atoms with E-state index >= 15 is 0 Å². The van der Waals surface area contributed by atoms with Crippen LogP contribution in [0.1, 0.15) is 43.7 Å². The van der Waals surface area contributed by atoms with Gasteiger partial charge in [-0.2, -0.15) is 18.4 Å². The monoisotopic (exact) mass is 516 g/mol. The van der Waals surface area contributed by atoms with E-state index in [1.165, 1.54) is 23.1 Å². The number of Topliss-reactive ketones (excluding diaryl/α,β-unsaturated/α-hetero) is 1. The first-order valence-corrected chi connectivity index (χ1v) is 11.2. The van der Waals surface area contributed by atoms with E-state index in [9.17, 15) is 33.3 Å². The van der Waals surface area contributed by atoms with Crippen molar-refractivity contribution in [3.63, 3.8) is 0 Å². The fourth-order valence-corrected chi connectivity index (χ4v) is 5.00. The largest absolute Gasteiger partial charge is 0.416 e. The van der Waals surface area contributed by atoms with E-state index in [0.717, 1.165) is 18.2 Å². The summed E-state index contributed by atoms with van der Waals surface area (Å²) in [7, 11) is 0. The number of carbonyl (C=O) groups excluding carboxylic acids is 1. The third-order valence-electron chi connectivity index (χ3n) is 6.31. The molecule has 0 radical (unpaired) electrons. The lowest BCUT2D eigenvalue weighted by atomic mass is 9.68. The molecule has 4 rings (SSSR count). The van der Waals surface area contributed by atoms with Crippen molar-refractivity contribution in [2.45, 2.75) is 38.8 Å². The number of halogens is 4. The summed E-state index contributed by atoms with van der Waals surface area (Å²) in [4.78, 5) is 25.5. The molecule has 11 heteroatoms. The molecule has 7 nitrogen and oxygen atoms in total. The number of ketones is 1. The number of hydrogen-bond donors (Lipinski definition) is 1. The number of nitro benzene ring substituents is 1. The van der Waals surface area contributed by atoms with Crippen molar-refractivity contribution in [1.82, 2.24) is 0 Å². The minimum atomic E-state index is -4.67. The molecule has 1 heterocycles. The number of rotatable bonds is 3. The van der Waals surface area contributed by atoms with E-state index in [2.05, 4.69) is 0 Å². The fourth-order valence-electron chi connectivity index (χ4n) is 4.80. The number of nitrogens with zero attached hydrogens (tertiary/aromatic N) is 3. The van der Waals surface area contributed by atoms with Gasteiger partial charge in [0.2, 0.25) is 0 Å². The smallest absolute Gasteiger partial charge is 0.384 e. The van der Waals surface area contributed by atoms with Gasteiger partial charge in [0.05, 0.1) is 38.8 Å². The van der Waals surface area contributed by atoms with Crippen molar-refractivity contribution < 1.29 is 22.9 Å². The molecule has 2 aliphatic rings. The van der Waals surface area contributed by atoms with Gasteiger partial charge in [-0.05, 0) is 35.6 Å². The molecule has 1 aliphatic carbocycles. The molecule has 0 aromatic heterocycles. The molecule has 2 aromatic rings. The molecule has 36 heavy (non-hydrogen) atoms. The van der Waals surface area contributed by atoms with E-state index in [-0.39, 0.29) is 52.0 Å². The first kappa shape index (κ1) is 25.3. The third-order valence-corrected chi connectivity index (χ3v) is 6.63. The molecule has 0 amide bonds. The molecule has 0 unspecified atom stereocenters. The van der Waals surface area contributed by atoms with Crippen molar-refractivity contribution in [2.75, 3.05) is 4.90 Å². The normalized spacial score (nSPS) is 19.8. The van der Waals surface area contributed by atoms with Crippen LogP contribution in [0, 0.1) is 26.9 Å². The van der Waals surface area contributed by atoms with Crippen molar-refractivity contribution in [3.05, 3.63) is 91.4 Å². The number of alkyl halides is 3. The Morgan fingerprint density at radius 3 is 2.53 bits per heavy atom. The molecule has 0 bridgehead atoms. The highest BCUT2D eigenvalue weighted by atomic mass is 35.5. The van der Waals surface area contributed by atoms with E-state index in [4.69, 9.17) is 17.3 Å². The summed E-state index contributed by atoms with van der Waals surface area (Å²) in [6, 6.07) is 10.3. The molecule has 186 valence electrons. The standard InChI is InChI=1S/C25H20ClF3N4O3/c1-24(2)10-19-22(20(34)11-24)21(13-4-3-5-15(8-13)33(35)36)16(12-30)23(31)32(19)18-9-14(25(27,28)29)6-7-17(18)26/h3-9,21H,10-11,31H2,1-2H3/t21-/m0/s1. The van der Waals surface area contributed by atoms with Gasteiger partial charge in [-0.15, -0.1) is 0 Å². The zero-order chi connectivity index (χ0) is 26.6. The van der Waals surface area contributed by atoms with Crippen LogP contribution in [-0.4, -0.2) is 10.7 Å². The molecular weight excluding hydrogens is 497 g/mol. The second-order valence-electron chi connectivity index (χ2n) is 9.50. The summed E-state index contributed by atoms with van der Waals surface area (Å²) in [6.07, 6.45) is -4.32. The van der Waals surface area contributed by atoms with E-state index in [0.29, 0.717) is 11.3 Å². The Hall–Kier alpha value is -3.84. The number of benzene rings is 2. The third kappa shape index (κ3) is 4.31. The quantitative estimate of drug-likeness (QED) is 0.383. The van der Waals surface area contributed by atoms with Gasteiger partial charge in [0.1, 0.15) is 5.82 Å². The number of nitrogens with two attached hydrogens (primary N) is 1. The van der Waals surface area contributed by atoms with Crippen LogP contribution in [0.3, 0.4) is 0 Å². The van der Waals surface area contributed by atoms with Crippen molar-refractivity contribution in [2.24, 2.45) is 11.1 Å². The Morgan fingerprint density at radius 1 is 1.22 bits per heavy atom. The molecule has 0 spiro atoms. The van der Waals surface area contributed by atoms with Crippen LogP contribution in [-0.2, 0) is 11.0 Å². The van der Waals surface area contributed by atoms with Gasteiger partial charge in [0.15, 0.2) is 5.78 Å². The predicted molar refractivity (Wildman–Crippen MR) is 127 cm³/mol. The molecule has 1 aliphatic heterocycles. The average molecular weight is 517 g/mol. The van der Waals surface area contributed by atoms with Gasteiger partial charge in [-0.1, -0.05) is 37.6 Å². The second-order valence-corrected chi connectivity index (χ2v) is 9.90. The first-order valence-electron chi connectivity index (χ1n) is 10.8. The highest BCUT2D eigenvalue weighted by Gasteiger charge is 2.45. The lowest BCUT2D eigenvalue weighted by Crippen LogP contribution is -2.42. The summed E-state index contributed by atoms with van der Waals surface area (Å²) in [5, 5.41) is 21.4. The summed E-state index contributed by atoms with van der Waals surface area (Å²) < 4.78 is 40.6. The second kappa shape index (κ2) is 8.68. The molecule has 2 aromatic carbocycles. The molecule has 0 saturated heterocycles. The Bertz CT molecular complexity index is 1410. The lowest BCUT2D eigenvalue weighted by Gasteiger charge is -2.44. The zero-order valence-corrected chi connectivity index (χ0v) is 19.9. The molecule has 0 fully saturated rings. The minimum Gasteiger partial charge on any atom is -0.384 e. The van der Waals surface area contributed by atoms with Gasteiger partial charge < -0.3 is 5.73 Å². The predicted octanol–water partition coefficient (Wildman–Crippen LogP) is 6.21. The number of nitriles is 1. The number of non-ortho nitro benzene ring substituents is 1. The topological polar surface area (TPSA) is 113 Å². The number of allylic oxidation sites excluding steroid dienone is 3. The summed E-state index contributed by atoms with van der Waals surface area (Å²) in [5.41, 5.74) is 5.18. The van der Waals surface area contributed by atoms with E-state index < -0.39 is 28.0 Å². The van der Waals surface area contributed by atoms with Gasteiger partial charge in [-0.25, -0.2) is 0 Å². The maximum absolute atomic E-state index is 13.5. The number of anilines is 1. The number of carbonyl (C=O) groups is 1. The molecule has 1 atom stereocenters. The highest BCUT2D eigenvalue weighted by Crippen LogP contribution is 2.51. The summed E-state index contributed by atoms with van der Waals surface area (Å²) in [6.45, 7) is 3.67. The van der Waals surface area contributed by atoms with Gasteiger partial charge in [0.25, 0.3) is 5.69 Å². The Kier molecular flexibility index (Phi) is 6.09. The van der Waals surface area contributed by atoms with Crippen LogP contribution >= 0.6 is 11.6 Å². The van der Waals surface area contributed by atoms with Crippen molar-refractivity contribution in [1.29, 1.82) is 5.26 Å². The van der Waals surface area contributed by atoms with Gasteiger partial charge in [-0.3, -0.25) is 19.8 Å². The van der Waals surface area contributed by atoms with Crippen LogP contribution in [0.25, 0.3) is 0 Å². The maximum atomic E-state index is 13.5. The lowest BCUT2D eigenvalue weighted by molar-refractivity contribution is -0.384. The summed E-state index contributed by atoms with van der Waals surface area (Å²) in [5.74, 6) is -1.54. The van der Waals surface area contributed by atoms with Crippen LogP contribution in [0.4, 0.5) is 24.5 Å². The molecule has 0 saturated carbocycles. The van der Waals surface area contributed by atoms with Crippen LogP contribution in [0.15, 0.2) is 65.1 Å². The van der Waals surface area contributed by atoms with Gasteiger partial charge in [0, 0.05) is 29.8 Å². The molecular formula is C25H20ClF3N4O3. The Labute approximate surface area is 209 Å². The summed E-state index contributed by atoms with van der Waals surface area (Å²) >= 11 is 6.33. The van der Waals surface area contributed by atoms with E-state index in [1.807, 2.05) is 19.9 Å². The van der Waals surface area contributed by atoms with Crippen molar-refractivity contribution >= 4 is 28.8 Å². The highest BCUT2D eigenvalue weighted by molar-refractivity contribution is 6.33. The minimum absolute atomic E-state index is 0.0558. The Balaban J connectivity index is 2.04. The average Bonchev–Trinajstić information content (AvgIpc) is 2.77. The number of nitro groups is 1.